The second kappa shape index (κ2) is 5.66. The van der Waals surface area contributed by atoms with E-state index in [0.29, 0.717) is 11.5 Å². The maximum absolute atomic E-state index is 12.2. The van der Waals surface area contributed by atoms with Crippen molar-refractivity contribution in [3.63, 3.8) is 0 Å². The summed E-state index contributed by atoms with van der Waals surface area (Å²) in [6.07, 6.45) is -2.89. The van der Waals surface area contributed by atoms with E-state index in [9.17, 15) is 13.2 Å². The fraction of sp³-hybridized carbons (Fsp3) is 0.0588. The highest BCUT2D eigenvalue weighted by atomic mass is 19.4. The number of fused-ring (bicyclic) bond motifs is 1. The molecule has 2 heterocycles. The topological polar surface area (TPSA) is 63.9 Å². The third-order valence-corrected chi connectivity index (χ3v) is 3.57. The molecule has 0 fully saturated rings. The standard InChI is InChI=1S/C17H10F3N3O2/c18-17(19,20)24-13-4-1-10(2-5-13)15-22-16(25-23-15)12-3-6-14-11(9-12)7-8-21-14/h1-9,21H. The minimum atomic E-state index is -4.72. The fourth-order valence-corrected chi connectivity index (χ4v) is 2.45. The molecule has 0 aliphatic rings. The molecule has 0 spiro atoms. The highest BCUT2D eigenvalue weighted by molar-refractivity contribution is 5.83. The van der Waals surface area contributed by atoms with Crippen LogP contribution in [-0.4, -0.2) is 21.5 Å². The number of rotatable bonds is 3. The lowest BCUT2D eigenvalue weighted by Crippen LogP contribution is -2.16. The number of hydrogen-bond acceptors (Lipinski definition) is 4. The molecule has 0 unspecified atom stereocenters. The zero-order valence-corrected chi connectivity index (χ0v) is 12.5. The predicted octanol–water partition coefficient (Wildman–Crippen LogP) is 4.78. The largest absolute Gasteiger partial charge is 0.573 e. The lowest BCUT2D eigenvalue weighted by atomic mass is 10.1. The maximum atomic E-state index is 12.2. The second-order valence-electron chi connectivity index (χ2n) is 5.28. The highest BCUT2D eigenvalue weighted by Crippen LogP contribution is 2.28. The Bertz CT molecular complexity index is 1020. The summed E-state index contributed by atoms with van der Waals surface area (Å²) in [6.45, 7) is 0. The van der Waals surface area contributed by atoms with Gasteiger partial charge in [-0.15, -0.1) is 13.2 Å². The lowest BCUT2D eigenvalue weighted by molar-refractivity contribution is -0.274. The summed E-state index contributed by atoms with van der Waals surface area (Å²) >= 11 is 0. The van der Waals surface area contributed by atoms with Crippen molar-refractivity contribution in [2.75, 3.05) is 0 Å². The maximum Gasteiger partial charge on any atom is 0.573 e. The van der Waals surface area contributed by atoms with Crippen LogP contribution in [0.2, 0.25) is 0 Å². The van der Waals surface area contributed by atoms with E-state index >= 15 is 0 Å². The monoisotopic (exact) mass is 345 g/mol. The molecule has 0 saturated heterocycles. The molecule has 2 aromatic carbocycles. The van der Waals surface area contributed by atoms with Crippen molar-refractivity contribution in [1.29, 1.82) is 0 Å². The molecule has 0 amide bonds. The molecule has 0 atom stereocenters. The Kier molecular flexibility index (Phi) is 3.45. The molecule has 126 valence electrons. The number of aromatic amines is 1. The molecular weight excluding hydrogens is 335 g/mol. The number of alkyl halides is 3. The van der Waals surface area contributed by atoms with Gasteiger partial charge in [-0.1, -0.05) is 5.16 Å². The quantitative estimate of drug-likeness (QED) is 0.580. The molecule has 25 heavy (non-hydrogen) atoms. The van der Waals surface area contributed by atoms with Crippen LogP contribution >= 0.6 is 0 Å². The first-order valence-electron chi connectivity index (χ1n) is 7.25. The fourth-order valence-electron chi connectivity index (χ4n) is 2.45. The number of benzene rings is 2. The molecule has 4 aromatic rings. The van der Waals surface area contributed by atoms with Gasteiger partial charge in [-0.25, -0.2) is 0 Å². The Morgan fingerprint density at radius 2 is 1.72 bits per heavy atom. The number of ether oxygens (including phenoxy) is 1. The Labute approximate surface area is 139 Å². The van der Waals surface area contributed by atoms with E-state index in [1.165, 1.54) is 24.3 Å². The Morgan fingerprint density at radius 3 is 2.48 bits per heavy atom. The van der Waals surface area contributed by atoms with Gasteiger partial charge in [0.05, 0.1) is 0 Å². The van der Waals surface area contributed by atoms with Gasteiger partial charge >= 0.3 is 6.36 Å². The minimum Gasteiger partial charge on any atom is -0.406 e. The summed E-state index contributed by atoms with van der Waals surface area (Å²) in [4.78, 5) is 7.39. The summed E-state index contributed by atoms with van der Waals surface area (Å²) in [6, 6.07) is 12.8. The molecule has 4 rings (SSSR count). The van der Waals surface area contributed by atoms with Crippen molar-refractivity contribution in [1.82, 2.24) is 15.1 Å². The van der Waals surface area contributed by atoms with Gasteiger partial charge in [-0.05, 0) is 48.5 Å². The van der Waals surface area contributed by atoms with E-state index in [-0.39, 0.29) is 11.6 Å². The van der Waals surface area contributed by atoms with Crippen LogP contribution in [-0.2, 0) is 0 Å². The lowest BCUT2D eigenvalue weighted by Gasteiger charge is -2.08. The summed E-state index contributed by atoms with van der Waals surface area (Å²) in [5.74, 6) is 0.300. The summed E-state index contributed by atoms with van der Waals surface area (Å²) in [5.41, 5.74) is 2.26. The van der Waals surface area contributed by atoms with Crippen LogP contribution in [0.4, 0.5) is 13.2 Å². The summed E-state index contributed by atoms with van der Waals surface area (Å²) in [7, 11) is 0. The third kappa shape index (κ3) is 3.18. The summed E-state index contributed by atoms with van der Waals surface area (Å²) < 4.78 is 45.6. The van der Waals surface area contributed by atoms with Crippen molar-refractivity contribution in [2.24, 2.45) is 0 Å². The second-order valence-corrected chi connectivity index (χ2v) is 5.28. The van der Waals surface area contributed by atoms with Crippen LogP contribution in [0, 0.1) is 0 Å². The van der Waals surface area contributed by atoms with E-state index in [0.717, 1.165) is 16.5 Å². The van der Waals surface area contributed by atoms with E-state index in [2.05, 4.69) is 19.9 Å². The van der Waals surface area contributed by atoms with Gasteiger partial charge in [-0.3, -0.25) is 0 Å². The van der Waals surface area contributed by atoms with E-state index in [1.807, 2.05) is 30.5 Å². The van der Waals surface area contributed by atoms with Gasteiger partial charge in [0.25, 0.3) is 5.89 Å². The number of halogens is 3. The van der Waals surface area contributed by atoms with Crippen LogP contribution < -0.4 is 4.74 Å². The van der Waals surface area contributed by atoms with Crippen molar-refractivity contribution in [3.05, 3.63) is 54.7 Å². The van der Waals surface area contributed by atoms with E-state index < -0.39 is 6.36 Å². The zero-order valence-electron chi connectivity index (χ0n) is 12.5. The van der Waals surface area contributed by atoms with Gasteiger partial charge in [0, 0.05) is 28.2 Å². The molecule has 1 N–H and O–H groups in total. The molecule has 5 nitrogen and oxygen atoms in total. The Morgan fingerprint density at radius 1 is 0.960 bits per heavy atom. The Hall–Kier alpha value is -3.29. The average molecular weight is 345 g/mol. The molecule has 2 aromatic heterocycles. The molecule has 0 bridgehead atoms. The van der Waals surface area contributed by atoms with Gasteiger partial charge in [0.1, 0.15) is 5.75 Å². The van der Waals surface area contributed by atoms with Crippen LogP contribution in [0.1, 0.15) is 0 Å². The molecule has 0 radical (unpaired) electrons. The van der Waals surface area contributed by atoms with Crippen LogP contribution in [0.15, 0.2) is 59.3 Å². The first-order valence-corrected chi connectivity index (χ1v) is 7.25. The number of nitrogens with one attached hydrogen (secondary N) is 1. The molecular formula is C17H10F3N3O2. The molecule has 0 aliphatic carbocycles. The van der Waals surface area contributed by atoms with Crippen LogP contribution in [0.5, 0.6) is 5.75 Å². The van der Waals surface area contributed by atoms with Crippen molar-refractivity contribution >= 4 is 10.9 Å². The van der Waals surface area contributed by atoms with E-state index in [1.54, 1.807) is 0 Å². The van der Waals surface area contributed by atoms with Crippen molar-refractivity contribution in [3.8, 4) is 28.6 Å². The SMILES string of the molecule is FC(F)(F)Oc1ccc(-c2noc(-c3ccc4[nH]ccc4c3)n2)cc1. The molecule has 0 aliphatic heterocycles. The van der Waals surface area contributed by atoms with Gasteiger partial charge < -0.3 is 14.2 Å². The van der Waals surface area contributed by atoms with Gasteiger partial charge in [0.2, 0.25) is 5.82 Å². The highest BCUT2D eigenvalue weighted by Gasteiger charge is 2.31. The minimum absolute atomic E-state index is 0.280. The summed E-state index contributed by atoms with van der Waals surface area (Å²) in [5, 5.41) is 4.88. The van der Waals surface area contributed by atoms with E-state index in [4.69, 9.17) is 4.52 Å². The predicted molar refractivity (Wildman–Crippen MR) is 83.7 cm³/mol. The molecule has 0 saturated carbocycles. The number of H-pyrrole nitrogens is 1. The molecule has 8 heteroatoms. The van der Waals surface area contributed by atoms with Gasteiger partial charge in [-0.2, -0.15) is 4.98 Å². The number of aromatic nitrogens is 3. The smallest absolute Gasteiger partial charge is 0.406 e. The number of nitrogens with zero attached hydrogens (tertiary/aromatic N) is 2. The first kappa shape index (κ1) is 15.3. The van der Waals surface area contributed by atoms with Gasteiger partial charge in [0.15, 0.2) is 0 Å². The Balaban J connectivity index is 1.60. The average Bonchev–Trinajstić information content (AvgIpc) is 3.22. The van der Waals surface area contributed by atoms with Crippen LogP contribution in [0.25, 0.3) is 33.7 Å². The first-order chi connectivity index (χ1) is 12.0. The third-order valence-electron chi connectivity index (χ3n) is 3.57. The van der Waals surface area contributed by atoms with Crippen molar-refractivity contribution in [2.45, 2.75) is 6.36 Å². The van der Waals surface area contributed by atoms with Crippen LogP contribution in [0.3, 0.4) is 0 Å². The normalized spacial score (nSPS) is 11.8. The number of hydrogen-bond donors (Lipinski definition) is 1. The zero-order chi connectivity index (χ0) is 17.4. The van der Waals surface area contributed by atoms with Crippen molar-refractivity contribution < 1.29 is 22.4 Å².